The third-order valence-electron chi connectivity index (χ3n) is 3.62. The van der Waals surface area contributed by atoms with Crippen LogP contribution in [-0.4, -0.2) is 19.0 Å². The molecule has 19 heavy (non-hydrogen) atoms. The van der Waals surface area contributed by atoms with E-state index in [1.165, 1.54) is 12.8 Å². The molecular formula is C16H26N2O. The second kappa shape index (κ2) is 7.82. The fraction of sp³-hybridized carbons (Fsp3) is 0.562. The minimum atomic E-state index is -0.0433. The van der Waals surface area contributed by atoms with Gasteiger partial charge in [-0.3, -0.25) is 4.79 Å². The van der Waals surface area contributed by atoms with Crippen LogP contribution < -0.4 is 10.6 Å². The van der Waals surface area contributed by atoms with E-state index in [0.717, 1.165) is 18.0 Å². The smallest absolute Gasteiger partial charge is 0.251 e. The number of benzene rings is 1. The highest BCUT2D eigenvalue weighted by atomic mass is 16.1. The maximum Gasteiger partial charge on any atom is 0.251 e. The molecule has 1 amide bonds. The molecule has 106 valence electrons. The summed E-state index contributed by atoms with van der Waals surface area (Å²) < 4.78 is 0. The molecule has 0 aromatic heterocycles. The Bertz CT molecular complexity index is 386. The fourth-order valence-electron chi connectivity index (χ4n) is 2.08. The summed E-state index contributed by atoms with van der Waals surface area (Å²) in [5.41, 5.74) is 1.78. The third kappa shape index (κ3) is 4.93. The van der Waals surface area contributed by atoms with Crippen molar-refractivity contribution in [1.29, 1.82) is 0 Å². The lowest BCUT2D eigenvalue weighted by molar-refractivity contribution is 0.0963. The van der Waals surface area contributed by atoms with Crippen LogP contribution in [0.4, 0.5) is 5.69 Å². The Hall–Kier alpha value is -1.51. The summed E-state index contributed by atoms with van der Waals surface area (Å²) in [5, 5.41) is 6.17. The number of nitrogens with one attached hydrogen (secondary N) is 2. The number of hydrogen-bond donors (Lipinski definition) is 2. The van der Waals surface area contributed by atoms with E-state index in [2.05, 4.69) is 31.4 Å². The van der Waals surface area contributed by atoms with Crippen LogP contribution in [0, 0.1) is 5.92 Å². The van der Waals surface area contributed by atoms with Gasteiger partial charge in [-0.15, -0.1) is 0 Å². The van der Waals surface area contributed by atoms with E-state index in [-0.39, 0.29) is 5.91 Å². The van der Waals surface area contributed by atoms with Crippen molar-refractivity contribution < 1.29 is 4.79 Å². The minimum absolute atomic E-state index is 0.0433. The van der Waals surface area contributed by atoms with Crippen LogP contribution in [0.15, 0.2) is 24.3 Å². The summed E-state index contributed by atoms with van der Waals surface area (Å²) in [4.78, 5) is 11.5. The average Bonchev–Trinajstić information content (AvgIpc) is 2.46. The van der Waals surface area contributed by atoms with Gasteiger partial charge in [0, 0.05) is 24.3 Å². The number of amides is 1. The molecule has 0 aliphatic carbocycles. The average molecular weight is 262 g/mol. The zero-order valence-electron chi connectivity index (χ0n) is 12.5. The molecule has 2 N–H and O–H groups in total. The number of anilines is 1. The maximum atomic E-state index is 11.5. The molecule has 0 heterocycles. The van der Waals surface area contributed by atoms with Gasteiger partial charge in [-0.25, -0.2) is 0 Å². The number of carbonyl (C=O) groups is 1. The third-order valence-corrected chi connectivity index (χ3v) is 3.62. The summed E-state index contributed by atoms with van der Waals surface area (Å²) in [6, 6.07) is 8.17. The number of hydrogen-bond acceptors (Lipinski definition) is 2. The highest BCUT2D eigenvalue weighted by Crippen LogP contribution is 2.17. The van der Waals surface area contributed by atoms with Crippen molar-refractivity contribution in [3.05, 3.63) is 29.8 Å². The van der Waals surface area contributed by atoms with Gasteiger partial charge in [0.2, 0.25) is 0 Å². The highest BCUT2D eigenvalue weighted by Gasteiger charge is 2.10. The molecule has 0 aliphatic rings. The molecule has 0 fully saturated rings. The number of rotatable bonds is 7. The summed E-state index contributed by atoms with van der Waals surface area (Å²) in [6.45, 7) is 6.73. The Morgan fingerprint density at radius 2 is 1.79 bits per heavy atom. The van der Waals surface area contributed by atoms with E-state index < -0.39 is 0 Å². The predicted octanol–water partition coefficient (Wildman–Crippen LogP) is 3.67. The minimum Gasteiger partial charge on any atom is -0.382 e. The lowest BCUT2D eigenvalue weighted by atomic mass is 9.97. The van der Waals surface area contributed by atoms with Gasteiger partial charge in [0.05, 0.1) is 0 Å². The molecule has 0 saturated carbocycles. The molecule has 0 aliphatic heterocycles. The van der Waals surface area contributed by atoms with Crippen molar-refractivity contribution in [2.24, 2.45) is 5.92 Å². The van der Waals surface area contributed by atoms with Crippen LogP contribution in [0.25, 0.3) is 0 Å². The zero-order chi connectivity index (χ0) is 14.3. The molecular weight excluding hydrogens is 236 g/mol. The van der Waals surface area contributed by atoms with Gasteiger partial charge >= 0.3 is 0 Å². The topological polar surface area (TPSA) is 41.1 Å². The van der Waals surface area contributed by atoms with Crippen LogP contribution in [0.5, 0.6) is 0 Å². The van der Waals surface area contributed by atoms with Crippen molar-refractivity contribution in [3.8, 4) is 0 Å². The van der Waals surface area contributed by atoms with Gasteiger partial charge in [0.15, 0.2) is 0 Å². The van der Waals surface area contributed by atoms with Crippen molar-refractivity contribution in [2.75, 3.05) is 12.4 Å². The number of carbonyl (C=O) groups excluding carboxylic acids is 1. The summed E-state index contributed by atoms with van der Waals surface area (Å²) in [5.74, 6) is 0.695. The molecule has 1 aromatic rings. The van der Waals surface area contributed by atoms with E-state index in [9.17, 15) is 4.79 Å². The molecule has 0 saturated heterocycles. The molecule has 2 atom stereocenters. The van der Waals surface area contributed by atoms with Crippen LogP contribution in [-0.2, 0) is 0 Å². The Kier molecular flexibility index (Phi) is 6.40. The van der Waals surface area contributed by atoms with E-state index in [1.54, 1.807) is 7.05 Å². The van der Waals surface area contributed by atoms with E-state index >= 15 is 0 Å². The lowest BCUT2D eigenvalue weighted by Gasteiger charge is -2.21. The van der Waals surface area contributed by atoms with Crippen LogP contribution in [0.1, 0.15) is 50.4 Å². The first-order valence-electron chi connectivity index (χ1n) is 7.19. The molecule has 1 rings (SSSR count). The molecule has 0 radical (unpaired) electrons. The summed E-state index contributed by atoms with van der Waals surface area (Å²) >= 11 is 0. The van der Waals surface area contributed by atoms with Crippen LogP contribution in [0.2, 0.25) is 0 Å². The largest absolute Gasteiger partial charge is 0.382 e. The quantitative estimate of drug-likeness (QED) is 0.787. The second-order valence-corrected chi connectivity index (χ2v) is 5.16. The zero-order valence-corrected chi connectivity index (χ0v) is 12.5. The molecule has 3 nitrogen and oxygen atoms in total. The van der Waals surface area contributed by atoms with Crippen molar-refractivity contribution in [3.63, 3.8) is 0 Å². The van der Waals surface area contributed by atoms with Gasteiger partial charge in [0.1, 0.15) is 0 Å². The standard InChI is InChI=1S/C16H26N2O/c1-5-12(3)11-14(6-2)18-15-9-7-13(8-10-15)16(19)17-4/h7-10,12,14,18H,5-6,11H2,1-4H3,(H,17,19). The monoisotopic (exact) mass is 262 g/mol. The Labute approximate surface area is 116 Å². The predicted molar refractivity (Wildman–Crippen MR) is 81.6 cm³/mol. The second-order valence-electron chi connectivity index (χ2n) is 5.16. The lowest BCUT2D eigenvalue weighted by Crippen LogP contribution is -2.21. The van der Waals surface area contributed by atoms with Crippen molar-refractivity contribution in [1.82, 2.24) is 5.32 Å². The molecule has 1 aromatic carbocycles. The van der Waals surface area contributed by atoms with Crippen molar-refractivity contribution in [2.45, 2.75) is 46.1 Å². The van der Waals surface area contributed by atoms with E-state index in [0.29, 0.717) is 11.6 Å². The SMILES string of the molecule is CCC(C)CC(CC)Nc1ccc(C(=O)NC)cc1. The van der Waals surface area contributed by atoms with E-state index in [4.69, 9.17) is 0 Å². The molecule has 2 unspecified atom stereocenters. The highest BCUT2D eigenvalue weighted by molar-refractivity contribution is 5.94. The van der Waals surface area contributed by atoms with Gasteiger partial charge < -0.3 is 10.6 Å². The van der Waals surface area contributed by atoms with Crippen LogP contribution in [0.3, 0.4) is 0 Å². The van der Waals surface area contributed by atoms with Gasteiger partial charge in [-0.05, 0) is 43.0 Å². The maximum absolute atomic E-state index is 11.5. The molecule has 0 spiro atoms. The Morgan fingerprint density at radius 1 is 1.16 bits per heavy atom. The first-order chi connectivity index (χ1) is 9.10. The van der Waals surface area contributed by atoms with Crippen LogP contribution >= 0.6 is 0 Å². The van der Waals surface area contributed by atoms with E-state index in [1.807, 2.05) is 24.3 Å². The Balaban J connectivity index is 2.62. The summed E-state index contributed by atoms with van der Waals surface area (Å²) in [6.07, 6.45) is 3.51. The molecule has 3 heteroatoms. The van der Waals surface area contributed by atoms with Gasteiger partial charge in [-0.2, -0.15) is 0 Å². The first kappa shape index (κ1) is 15.5. The van der Waals surface area contributed by atoms with Gasteiger partial charge in [-0.1, -0.05) is 27.2 Å². The summed E-state index contributed by atoms with van der Waals surface area (Å²) in [7, 11) is 1.65. The molecule has 0 bridgehead atoms. The van der Waals surface area contributed by atoms with Gasteiger partial charge in [0.25, 0.3) is 5.91 Å². The first-order valence-corrected chi connectivity index (χ1v) is 7.19. The normalized spacial score (nSPS) is 13.7. The Morgan fingerprint density at radius 3 is 2.26 bits per heavy atom. The van der Waals surface area contributed by atoms with Crippen molar-refractivity contribution >= 4 is 11.6 Å². The fourth-order valence-corrected chi connectivity index (χ4v) is 2.08.